The van der Waals surface area contributed by atoms with E-state index in [2.05, 4.69) is 64.6 Å². The fraction of sp³-hybridized carbons (Fsp3) is 0.360. The van der Waals surface area contributed by atoms with Crippen molar-refractivity contribution in [2.45, 2.75) is 32.4 Å². The maximum Gasteiger partial charge on any atom is 0.223 e. The van der Waals surface area contributed by atoms with Crippen molar-refractivity contribution < 1.29 is 9.53 Å². The van der Waals surface area contributed by atoms with Crippen LogP contribution in [0.5, 0.6) is 5.88 Å². The van der Waals surface area contributed by atoms with E-state index in [-0.39, 0.29) is 11.8 Å². The summed E-state index contributed by atoms with van der Waals surface area (Å²) in [6, 6.07) is 19.2. The number of hydrogen-bond donors (Lipinski definition) is 1. The zero-order chi connectivity index (χ0) is 20.9. The van der Waals surface area contributed by atoms with E-state index >= 15 is 0 Å². The number of aromatic nitrogens is 1. The van der Waals surface area contributed by atoms with Gasteiger partial charge in [0.25, 0.3) is 0 Å². The van der Waals surface area contributed by atoms with Gasteiger partial charge in [0.1, 0.15) is 0 Å². The number of piperidine rings is 1. The van der Waals surface area contributed by atoms with Crippen LogP contribution in [0.4, 0.5) is 0 Å². The van der Waals surface area contributed by atoms with Crippen molar-refractivity contribution in [2.24, 2.45) is 5.92 Å². The molecule has 5 nitrogen and oxygen atoms in total. The van der Waals surface area contributed by atoms with Gasteiger partial charge in [-0.25, -0.2) is 4.98 Å². The Hall–Kier alpha value is -2.92. The lowest BCUT2D eigenvalue weighted by Crippen LogP contribution is -2.41. The summed E-state index contributed by atoms with van der Waals surface area (Å²) in [6.07, 6.45) is 3.48. The number of hydrogen-bond acceptors (Lipinski definition) is 4. The van der Waals surface area contributed by atoms with E-state index in [9.17, 15) is 4.79 Å². The van der Waals surface area contributed by atoms with Gasteiger partial charge in [-0.1, -0.05) is 42.5 Å². The number of carbonyl (C=O) groups is 1. The van der Waals surface area contributed by atoms with Crippen LogP contribution in [-0.4, -0.2) is 36.0 Å². The van der Waals surface area contributed by atoms with Crippen LogP contribution in [0.25, 0.3) is 10.8 Å². The van der Waals surface area contributed by atoms with Crippen molar-refractivity contribution in [1.29, 1.82) is 0 Å². The van der Waals surface area contributed by atoms with Crippen LogP contribution < -0.4 is 10.1 Å². The minimum atomic E-state index is 0.0738. The molecule has 1 N–H and O–H groups in total. The molecule has 3 aromatic rings. The quantitative estimate of drug-likeness (QED) is 0.665. The highest BCUT2D eigenvalue weighted by Crippen LogP contribution is 2.31. The maximum atomic E-state index is 12.7. The zero-order valence-corrected chi connectivity index (χ0v) is 17.7. The Balaban J connectivity index is 1.33. The van der Waals surface area contributed by atoms with Crippen molar-refractivity contribution in [2.75, 3.05) is 20.2 Å². The summed E-state index contributed by atoms with van der Waals surface area (Å²) in [5.41, 5.74) is 2.36. The SMILES string of the molecule is COc1cc(CNC(=O)C2CCN(C(C)c3cccc4ccccc34)CC2)ccn1. The molecular weight excluding hydrogens is 374 g/mol. The highest BCUT2D eigenvalue weighted by molar-refractivity contribution is 5.86. The first-order chi connectivity index (χ1) is 14.7. The third-order valence-corrected chi connectivity index (χ3v) is 6.20. The molecule has 1 fully saturated rings. The Kier molecular flexibility index (Phi) is 6.29. The predicted molar refractivity (Wildman–Crippen MR) is 119 cm³/mol. The van der Waals surface area contributed by atoms with Crippen LogP contribution in [0, 0.1) is 5.92 Å². The first kappa shape index (κ1) is 20.4. The van der Waals surface area contributed by atoms with Gasteiger partial charge >= 0.3 is 0 Å². The summed E-state index contributed by atoms with van der Waals surface area (Å²) < 4.78 is 5.15. The van der Waals surface area contributed by atoms with Gasteiger partial charge in [-0.05, 0) is 60.8 Å². The monoisotopic (exact) mass is 403 g/mol. The molecule has 1 aliphatic rings. The molecular formula is C25H29N3O2. The average molecular weight is 404 g/mol. The number of likely N-dealkylation sites (tertiary alicyclic amines) is 1. The molecule has 1 unspecified atom stereocenters. The molecule has 30 heavy (non-hydrogen) atoms. The minimum absolute atomic E-state index is 0.0738. The molecule has 5 heteroatoms. The molecule has 156 valence electrons. The Morgan fingerprint density at radius 2 is 1.93 bits per heavy atom. The van der Waals surface area contributed by atoms with E-state index in [4.69, 9.17) is 4.74 Å². The smallest absolute Gasteiger partial charge is 0.223 e. The Labute approximate surface area is 178 Å². The number of fused-ring (bicyclic) bond motifs is 1. The normalized spacial score (nSPS) is 16.3. The molecule has 1 amide bonds. The number of benzene rings is 2. The van der Waals surface area contributed by atoms with Gasteiger partial charge in [-0.15, -0.1) is 0 Å². The summed E-state index contributed by atoms with van der Waals surface area (Å²) in [5.74, 6) is 0.783. The van der Waals surface area contributed by atoms with Crippen LogP contribution in [0.2, 0.25) is 0 Å². The second kappa shape index (κ2) is 9.26. The summed E-state index contributed by atoms with van der Waals surface area (Å²) in [7, 11) is 1.59. The average Bonchev–Trinajstić information content (AvgIpc) is 2.82. The molecule has 0 radical (unpaired) electrons. The number of nitrogens with one attached hydrogen (secondary N) is 1. The number of methoxy groups -OCH3 is 1. The highest BCUT2D eigenvalue weighted by Gasteiger charge is 2.28. The molecule has 0 bridgehead atoms. The van der Waals surface area contributed by atoms with Gasteiger partial charge in [0, 0.05) is 30.8 Å². The van der Waals surface area contributed by atoms with Crippen molar-refractivity contribution in [1.82, 2.24) is 15.2 Å². The molecule has 0 saturated carbocycles. The van der Waals surface area contributed by atoms with Crippen molar-refractivity contribution in [3.05, 3.63) is 71.9 Å². The van der Waals surface area contributed by atoms with E-state index in [1.165, 1.54) is 16.3 Å². The van der Waals surface area contributed by atoms with E-state index in [0.29, 0.717) is 18.5 Å². The van der Waals surface area contributed by atoms with Crippen LogP contribution >= 0.6 is 0 Å². The molecule has 0 aliphatic carbocycles. The molecule has 1 atom stereocenters. The molecule has 2 aromatic carbocycles. The Morgan fingerprint density at radius 1 is 1.17 bits per heavy atom. The number of ether oxygens (including phenoxy) is 1. The van der Waals surface area contributed by atoms with Crippen LogP contribution in [0.3, 0.4) is 0 Å². The number of carbonyl (C=O) groups excluding carboxylic acids is 1. The molecule has 4 rings (SSSR count). The Morgan fingerprint density at radius 3 is 2.73 bits per heavy atom. The number of pyridine rings is 1. The first-order valence-corrected chi connectivity index (χ1v) is 10.6. The number of nitrogens with zero attached hydrogens (tertiary/aromatic N) is 2. The van der Waals surface area contributed by atoms with Gasteiger partial charge in [0.05, 0.1) is 7.11 Å². The molecule has 1 aromatic heterocycles. The third-order valence-electron chi connectivity index (χ3n) is 6.20. The summed E-state index contributed by atoms with van der Waals surface area (Å²) in [5, 5.41) is 5.68. The fourth-order valence-corrected chi connectivity index (χ4v) is 4.37. The third kappa shape index (κ3) is 4.46. The molecule has 2 heterocycles. The van der Waals surface area contributed by atoms with Crippen molar-refractivity contribution >= 4 is 16.7 Å². The van der Waals surface area contributed by atoms with Crippen LogP contribution in [0.1, 0.15) is 36.9 Å². The highest BCUT2D eigenvalue weighted by atomic mass is 16.5. The van der Waals surface area contributed by atoms with Crippen LogP contribution in [-0.2, 0) is 11.3 Å². The van der Waals surface area contributed by atoms with Crippen molar-refractivity contribution in [3.8, 4) is 5.88 Å². The summed E-state index contributed by atoms with van der Waals surface area (Å²) >= 11 is 0. The van der Waals surface area contributed by atoms with Gasteiger partial charge in [0.2, 0.25) is 11.8 Å². The molecule has 1 saturated heterocycles. The number of rotatable bonds is 6. The van der Waals surface area contributed by atoms with E-state index in [1.807, 2.05) is 12.1 Å². The van der Waals surface area contributed by atoms with Gasteiger partial charge < -0.3 is 10.1 Å². The van der Waals surface area contributed by atoms with E-state index < -0.39 is 0 Å². The van der Waals surface area contributed by atoms with E-state index in [1.54, 1.807) is 13.3 Å². The molecule has 1 aliphatic heterocycles. The lowest BCUT2D eigenvalue weighted by Gasteiger charge is -2.36. The van der Waals surface area contributed by atoms with Gasteiger partial charge in [-0.3, -0.25) is 9.69 Å². The first-order valence-electron chi connectivity index (χ1n) is 10.6. The number of amides is 1. The fourth-order valence-electron chi connectivity index (χ4n) is 4.37. The largest absolute Gasteiger partial charge is 0.481 e. The second-order valence-corrected chi connectivity index (χ2v) is 7.98. The predicted octanol–water partition coefficient (Wildman–Crippen LogP) is 4.33. The van der Waals surface area contributed by atoms with Crippen LogP contribution in [0.15, 0.2) is 60.8 Å². The Bertz CT molecular complexity index is 1010. The van der Waals surface area contributed by atoms with E-state index in [0.717, 1.165) is 31.5 Å². The summed E-state index contributed by atoms with van der Waals surface area (Å²) in [6.45, 7) is 4.65. The van der Waals surface area contributed by atoms with Gasteiger partial charge in [-0.2, -0.15) is 0 Å². The lowest BCUT2D eigenvalue weighted by atomic mass is 9.92. The molecule has 0 spiro atoms. The van der Waals surface area contributed by atoms with Crippen molar-refractivity contribution in [3.63, 3.8) is 0 Å². The zero-order valence-electron chi connectivity index (χ0n) is 17.7. The lowest BCUT2D eigenvalue weighted by molar-refractivity contribution is -0.126. The standard InChI is InChI=1S/C25H29N3O2/c1-18(22-9-5-7-20-6-3-4-8-23(20)22)28-14-11-21(12-15-28)25(29)27-17-19-10-13-26-24(16-19)30-2/h3-10,13,16,18,21H,11-12,14-15,17H2,1-2H3,(H,27,29). The summed E-state index contributed by atoms with van der Waals surface area (Å²) in [4.78, 5) is 19.3. The topological polar surface area (TPSA) is 54.5 Å². The second-order valence-electron chi connectivity index (χ2n) is 7.98. The maximum absolute atomic E-state index is 12.7. The van der Waals surface area contributed by atoms with Gasteiger partial charge in [0.15, 0.2) is 0 Å². The minimum Gasteiger partial charge on any atom is -0.481 e.